The van der Waals surface area contributed by atoms with E-state index in [4.69, 9.17) is 4.74 Å². The molecular weight excluding hydrogens is 438 g/mol. The zero-order chi connectivity index (χ0) is 23.0. The van der Waals surface area contributed by atoms with Crippen molar-refractivity contribution in [2.45, 2.75) is 5.16 Å². The van der Waals surface area contributed by atoms with Crippen molar-refractivity contribution in [1.82, 2.24) is 14.8 Å². The Bertz CT molecular complexity index is 1240. The van der Waals surface area contributed by atoms with Gasteiger partial charge in [0.05, 0.1) is 24.2 Å². The molecule has 0 aliphatic carbocycles. The normalized spacial score (nSPS) is 10.5. The second-order valence-electron chi connectivity index (χ2n) is 6.88. The van der Waals surface area contributed by atoms with Crippen molar-refractivity contribution >= 4 is 35.0 Å². The number of carbonyl (C=O) groups excluding carboxylic acids is 2. The summed E-state index contributed by atoms with van der Waals surface area (Å²) in [4.78, 5) is 29.0. The highest BCUT2D eigenvalue weighted by molar-refractivity contribution is 7.99. The summed E-state index contributed by atoms with van der Waals surface area (Å²) < 4.78 is 6.91. The Hall–Kier alpha value is -4.11. The molecule has 1 heterocycles. The van der Waals surface area contributed by atoms with Crippen LogP contribution in [0.5, 0.6) is 5.75 Å². The maximum absolute atomic E-state index is 12.5. The van der Waals surface area contributed by atoms with Crippen molar-refractivity contribution < 1.29 is 14.3 Å². The lowest BCUT2D eigenvalue weighted by atomic mass is 10.2. The predicted molar refractivity (Wildman–Crippen MR) is 128 cm³/mol. The first-order chi connectivity index (χ1) is 16.1. The van der Waals surface area contributed by atoms with Gasteiger partial charge in [0.2, 0.25) is 11.1 Å². The fourth-order valence-corrected chi connectivity index (χ4v) is 3.59. The molecule has 1 aromatic heterocycles. The van der Waals surface area contributed by atoms with Crippen LogP contribution in [0, 0.1) is 0 Å². The Morgan fingerprint density at radius 3 is 2.42 bits per heavy atom. The fourth-order valence-electron chi connectivity index (χ4n) is 2.99. The number of nitrogens with zero attached hydrogens (tertiary/aromatic N) is 3. The zero-order valence-corrected chi connectivity index (χ0v) is 18.6. The van der Waals surface area contributed by atoms with Gasteiger partial charge < -0.3 is 15.4 Å². The van der Waals surface area contributed by atoms with E-state index >= 15 is 0 Å². The summed E-state index contributed by atoms with van der Waals surface area (Å²) >= 11 is 1.24. The van der Waals surface area contributed by atoms with E-state index in [1.165, 1.54) is 11.8 Å². The van der Waals surface area contributed by atoms with Gasteiger partial charge in [0.25, 0.3) is 5.91 Å². The first-order valence-corrected chi connectivity index (χ1v) is 11.0. The maximum Gasteiger partial charge on any atom is 0.255 e. The molecule has 4 rings (SSSR count). The molecule has 0 spiro atoms. The number of methoxy groups -OCH3 is 1. The molecule has 166 valence electrons. The number of nitrogens with one attached hydrogen (secondary N) is 2. The quantitative estimate of drug-likeness (QED) is 0.382. The highest BCUT2D eigenvalue weighted by Gasteiger charge is 2.11. The number of ether oxygens (including phenoxy) is 1. The molecule has 0 atom stereocenters. The molecule has 0 unspecified atom stereocenters. The van der Waals surface area contributed by atoms with Crippen LogP contribution in [-0.2, 0) is 4.79 Å². The molecular formula is C24H21N5O3S. The van der Waals surface area contributed by atoms with Gasteiger partial charge in [0.1, 0.15) is 12.1 Å². The number of anilines is 2. The largest absolute Gasteiger partial charge is 0.495 e. The van der Waals surface area contributed by atoms with Crippen LogP contribution in [0.1, 0.15) is 10.4 Å². The van der Waals surface area contributed by atoms with E-state index in [-0.39, 0.29) is 17.6 Å². The van der Waals surface area contributed by atoms with Gasteiger partial charge in [-0.15, -0.1) is 5.10 Å². The Morgan fingerprint density at radius 2 is 1.67 bits per heavy atom. The van der Waals surface area contributed by atoms with Crippen LogP contribution in [0.4, 0.5) is 11.4 Å². The highest BCUT2D eigenvalue weighted by Crippen LogP contribution is 2.24. The molecule has 0 aliphatic heterocycles. The molecule has 3 aromatic carbocycles. The monoisotopic (exact) mass is 459 g/mol. The minimum Gasteiger partial charge on any atom is -0.495 e. The van der Waals surface area contributed by atoms with E-state index < -0.39 is 0 Å². The minimum atomic E-state index is -0.270. The third-order valence-electron chi connectivity index (χ3n) is 4.61. The van der Waals surface area contributed by atoms with Gasteiger partial charge in [0, 0.05) is 11.3 Å². The second-order valence-corrected chi connectivity index (χ2v) is 7.82. The number of hydrogen-bond acceptors (Lipinski definition) is 6. The van der Waals surface area contributed by atoms with E-state index in [9.17, 15) is 9.59 Å². The standard InChI is InChI=1S/C24H21N5O3S/c1-32-21-10-6-5-9-20(21)27-23(31)17-11-13-18(14-12-17)26-22(30)15-33-24-25-16-29(28-24)19-7-3-2-4-8-19/h2-14,16H,15H2,1H3,(H,26,30)(H,27,31). The van der Waals surface area contributed by atoms with Crippen molar-refractivity contribution in [2.75, 3.05) is 23.5 Å². The molecule has 33 heavy (non-hydrogen) atoms. The van der Waals surface area contributed by atoms with Gasteiger partial charge in [-0.25, -0.2) is 9.67 Å². The SMILES string of the molecule is COc1ccccc1NC(=O)c1ccc(NC(=O)CSc2ncn(-c3ccccc3)n2)cc1. The molecule has 2 N–H and O–H groups in total. The number of hydrogen-bond donors (Lipinski definition) is 2. The average Bonchev–Trinajstić information content (AvgIpc) is 3.33. The Balaban J connectivity index is 1.29. The number of benzene rings is 3. The Kier molecular flexibility index (Phi) is 7.01. The zero-order valence-electron chi connectivity index (χ0n) is 17.8. The predicted octanol–water partition coefficient (Wildman–Crippen LogP) is 4.26. The molecule has 9 heteroatoms. The molecule has 0 saturated carbocycles. The van der Waals surface area contributed by atoms with Crippen LogP contribution in [0.2, 0.25) is 0 Å². The molecule has 8 nitrogen and oxygen atoms in total. The molecule has 0 fully saturated rings. The van der Waals surface area contributed by atoms with Crippen LogP contribution >= 0.6 is 11.8 Å². The summed E-state index contributed by atoms with van der Waals surface area (Å²) in [6.07, 6.45) is 1.62. The number of amides is 2. The third-order valence-corrected chi connectivity index (χ3v) is 5.46. The second kappa shape index (κ2) is 10.5. The van der Waals surface area contributed by atoms with Crippen molar-refractivity contribution in [3.63, 3.8) is 0 Å². The van der Waals surface area contributed by atoms with Crippen molar-refractivity contribution in [3.05, 3.63) is 90.8 Å². The lowest BCUT2D eigenvalue weighted by molar-refractivity contribution is -0.113. The number of para-hydroxylation sites is 3. The van der Waals surface area contributed by atoms with Gasteiger partial charge in [0.15, 0.2) is 0 Å². The first-order valence-electron chi connectivity index (χ1n) is 10.1. The minimum absolute atomic E-state index is 0.162. The molecule has 0 radical (unpaired) electrons. The van der Waals surface area contributed by atoms with Gasteiger partial charge in [-0.2, -0.15) is 0 Å². The smallest absolute Gasteiger partial charge is 0.255 e. The third kappa shape index (κ3) is 5.78. The topological polar surface area (TPSA) is 98.1 Å². The van der Waals surface area contributed by atoms with Crippen LogP contribution < -0.4 is 15.4 Å². The van der Waals surface area contributed by atoms with Crippen LogP contribution in [0.25, 0.3) is 5.69 Å². The van der Waals surface area contributed by atoms with E-state index in [0.717, 1.165) is 5.69 Å². The van der Waals surface area contributed by atoms with E-state index in [0.29, 0.717) is 27.8 Å². The van der Waals surface area contributed by atoms with E-state index in [2.05, 4.69) is 20.7 Å². The maximum atomic E-state index is 12.5. The summed E-state index contributed by atoms with van der Waals surface area (Å²) in [7, 11) is 1.55. The summed E-state index contributed by atoms with van der Waals surface area (Å²) in [6.45, 7) is 0. The number of thioether (sulfide) groups is 1. The summed E-state index contributed by atoms with van der Waals surface area (Å²) in [5.41, 5.74) is 2.54. The lowest BCUT2D eigenvalue weighted by Gasteiger charge is -2.10. The number of rotatable bonds is 8. The van der Waals surface area contributed by atoms with Crippen LogP contribution in [-0.4, -0.2) is 39.4 Å². The van der Waals surface area contributed by atoms with Gasteiger partial charge in [-0.3, -0.25) is 9.59 Å². The van der Waals surface area contributed by atoms with Crippen molar-refractivity contribution in [3.8, 4) is 11.4 Å². The van der Waals surface area contributed by atoms with Crippen molar-refractivity contribution in [1.29, 1.82) is 0 Å². The van der Waals surface area contributed by atoms with Crippen LogP contribution in [0.15, 0.2) is 90.3 Å². The van der Waals surface area contributed by atoms with Gasteiger partial charge in [-0.05, 0) is 48.5 Å². The molecule has 0 aliphatic rings. The Labute approximate surface area is 195 Å². The first kappa shape index (κ1) is 22.1. The molecule has 0 bridgehead atoms. The number of aromatic nitrogens is 3. The van der Waals surface area contributed by atoms with Crippen molar-refractivity contribution in [2.24, 2.45) is 0 Å². The summed E-state index contributed by atoms with van der Waals surface area (Å²) in [5.74, 6) is 0.278. The van der Waals surface area contributed by atoms with Gasteiger partial charge >= 0.3 is 0 Å². The highest BCUT2D eigenvalue weighted by atomic mass is 32.2. The lowest BCUT2D eigenvalue weighted by Crippen LogP contribution is -2.15. The van der Waals surface area contributed by atoms with Gasteiger partial charge in [-0.1, -0.05) is 42.1 Å². The average molecular weight is 460 g/mol. The van der Waals surface area contributed by atoms with E-state index in [1.807, 2.05) is 42.5 Å². The number of carbonyl (C=O) groups is 2. The van der Waals surface area contributed by atoms with Crippen LogP contribution in [0.3, 0.4) is 0 Å². The molecule has 2 amide bonds. The molecule has 4 aromatic rings. The summed E-state index contributed by atoms with van der Waals surface area (Å²) in [6, 6.07) is 23.5. The van der Waals surface area contributed by atoms with E-state index in [1.54, 1.807) is 54.5 Å². The molecule has 0 saturated heterocycles. The Morgan fingerprint density at radius 1 is 0.939 bits per heavy atom. The summed E-state index contributed by atoms with van der Waals surface area (Å²) in [5, 5.41) is 10.5. The fraction of sp³-hybridized carbons (Fsp3) is 0.0833.